The molecule has 1 aliphatic carbocycles. The van der Waals surface area contributed by atoms with Crippen LogP contribution in [0.3, 0.4) is 0 Å². The molecule has 0 saturated heterocycles. The molecule has 2 rings (SSSR count). The monoisotopic (exact) mass is 412 g/mol. The fourth-order valence-electron chi connectivity index (χ4n) is 4.25. The molecule has 1 fully saturated rings. The van der Waals surface area contributed by atoms with E-state index in [1.54, 1.807) is 18.2 Å². The van der Waals surface area contributed by atoms with E-state index < -0.39 is 11.7 Å². The number of rotatable bonds is 7. The summed E-state index contributed by atoms with van der Waals surface area (Å²) in [5, 5.41) is 0. The van der Waals surface area contributed by atoms with E-state index in [4.69, 9.17) is 0 Å². The van der Waals surface area contributed by atoms with E-state index in [-0.39, 0.29) is 11.1 Å². The minimum absolute atomic E-state index is 0.235. The average Bonchev–Trinajstić information content (AvgIpc) is 2.72. The molecule has 0 bridgehead atoms. The fourth-order valence-corrected chi connectivity index (χ4v) is 4.25. The minimum atomic E-state index is -0.833. The predicted octanol–water partition coefficient (Wildman–Crippen LogP) is 9.33. The van der Waals surface area contributed by atoms with E-state index in [0.717, 1.165) is 17.9 Å². The number of halogens is 2. The van der Waals surface area contributed by atoms with Crippen molar-refractivity contribution < 1.29 is 8.78 Å². The molecule has 30 heavy (non-hydrogen) atoms. The maximum Gasteiger partial charge on any atom is 0.166 e. The highest BCUT2D eigenvalue weighted by molar-refractivity contribution is 5.66. The molecule has 0 nitrogen and oxygen atoms in total. The van der Waals surface area contributed by atoms with E-state index in [0.29, 0.717) is 17.3 Å². The van der Waals surface area contributed by atoms with Crippen LogP contribution < -0.4 is 0 Å². The van der Waals surface area contributed by atoms with Gasteiger partial charge in [-0.05, 0) is 60.8 Å². The Morgan fingerprint density at radius 3 is 2.17 bits per heavy atom. The zero-order chi connectivity index (χ0) is 22.3. The van der Waals surface area contributed by atoms with Crippen molar-refractivity contribution in [2.45, 2.75) is 72.6 Å². The average molecular weight is 413 g/mol. The third kappa shape index (κ3) is 6.79. The van der Waals surface area contributed by atoms with Crippen molar-refractivity contribution >= 4 is 5.83 Å². The van der Waals surface area contributed by atoms with Gasteiger partial charge in [0.1, 0.15) is 0 Å². The van der Waals surface area contributed by atoms with Crippen LogP contribution in [0.15, 0.2) is 66.5 Å². The predicted molar refractivity (Wildman–Crippen MR) is 127 cm³/mol. The lowest BCUT2D eigenvalue weighted by atomic mass is 9.69. The first kappa shape index (κ1) is 24.3. The molecule has 1 saturated carbocycles. The van der Waals surface area contributed by atoms with Crippen LogP contribution in [0.25, 0.3) is 5.83 Å². The summed E-state index contributed by atoms with van der Waals surface area (Å²) in [6.07, 6.45) is 12.6. The Hall–Kier alpha value is -1.96. The second-order valence-corrected chi connectivity index (χ2v) is 9.98. The quantitative estimate of drug-likeness (QED) is 0.391. The summed E-state index contributed by atoms with van der Waals surface area (Å²) in [5.74, 6) is 0.109. The highest BCUT2D eigenvalue weighted by atomic mass is 19.2. The summed E-state index contributed by atoms with van der Waals surface area (Å²) in [4.78, 5) is 0. The first-order chi connectivity index (χ1) is 14.1. The van der Waals surface area contributed by atoms with Gasteiger partial charge < -0.3 is 0 Å². The van der Waals surface area contributed by atoms with Gasteiger partial charge in [0.05, 0.1) is 0 Å². The number of hydrogen-bond acceptors (Lipinski definition) is 0. The van der Waals surface area contributed by atoms with Crippen LogP contribution in [0.2, 0.25) is 0 Å². The van der Waals surface area contributed by atoms with Crippen LogP contribution in [0, 0.1) is 17.3 Å². The van der Waals surface area contributed by atoms with Crippen molar-refractivity contribution in [2.24, 2.45) is 17.3 Å². The van der Waals surface area contributed by atoms with Crippen molar-refractivity contribution in [3.05, 3.63) is 77.7 Å². The topological polar surface area (TPSA) is 0 Å². The van der Waals surface area contributed by atoms with Crippen LogP contribution in [-0.4, -0.2) is 0 Å². The zero-order valence-corrected chi connectivity index (χ0v) is 19.3. The van der Waals surface area contributed by atoms with E-state index in [2.05, 4.69) is 41.2 Å². The van der Waals surface area contributed by atoms with Gasteiger partial charge in [-0.3, -0.25) is 0 Å². The first-order valence-corrected chi connectivity index (χ1v) is 11.3. The molecule has 1 aliphatic rings. The van der Waals surface area contributed by atoms with E-state index >= 15 is 0 Å². The molecule has 0 aliphatic heterocycles. The molecule has 164 valence electrons. The highest BCUT2D eigenvalue weighted by Crippen LogP contribution is 2.40. The Labute approximate surface area is 182 Å². The number of benzene rings is 1. The van der Waals surface area contributed by atoms with Gasteiger partial charge in [-0.1, -0.05) is 89.8 Å². The third-order valence-corrected chi connectivity index (χ3v) is 6.41. The largest absolute Gasteiger partial charge is 0.203 e. The lowest BCUT2D eigenvalue weighted by Gasteiger charge is -2.36. The molecule has 0 heterocycles. The second-order valence-electron chi connectivity index (χ2n) is 9.98. The minimum Gasteiger partial charge on any atom is -0.203 e. The Morgan fingerprint density at radius 1 is 1.07 bits per heavy atom. The van der Waals surface area contributed by atoms with Crippen molar-refractivity contribution in [1.29, 1.82) is 0 Å². The van der Waals surface area contributed by atoms with E-state index in [9.17, 15) is 8.78 Å². The van der Waals surface area contributed by atoms with Gasteiger partial charge in [0.2, 0.25) is 0 Å². The molecule has 0 radical (unpaired) electrons. The Bertz CT molecular complexity index is 777. The van der Waals surface area contributed by atoms with Crippen molar-refractivity contribution in [1.82, 2.24) is 0 Å². The fraction of sp³-hybridized carbons (Fsp3) is 0.500. The lowest BCUT2D eigenvalue weighted by molar-refractivity contribution is 0.151. The molecule has 0 N–H and O–H groups in total. The maximum absolute atomic E-state index is 14.9. The maximum atomic E-state index is 14.9. The van der Waals surface area contributed by atoms with Crippen LogP contribution in [-0.2, 0) is 0 Å². The van der Waals surface area contributed by atoms with Gasteiger partial charge in [-0.25, -0.2) is 8.78 Å². The van der Waals surface area contributed by atoms with Gasteiger partial charge in [-0.15, -0.1) is 0 Å². The summed E-state index contributed by atoms with van der Waals surface area (Å²) in [6.45, 7) is 14.8. The molecule has 2 heteroatoms. The smallest absolute Gasteiger partial charge is 0.166 e. The molecule has 1 aromatic rings. The number of allylic oxidation sites excluding steroid dienone is 6. The molecule has 1 aromatic carbocycles. The Balaban J connectivity index is 2.05. The lowest BCUT2D eigenvalue weighted by Crippen LogP contribution is -2.25. The molecule has 0 aromatic heterocycles. The second kappa shape index (κ2) is 10.9. The van der Waals surface area contributed by atoms with Gasteiger partial charge in [0, 0.05) is 11.1 Å². The van der Waals surface area contributed by atoms with Gasteiger partial charge in [0.25, 0.3) is 0 Å². The van der Waals surface area contributed by atoms with E-state index in [1.165, 1.54) is 37.8 Å². The standard InChI is InChI=1S/C28H38F2/c1-7-9-23(11-8-10-21-12-18-25(19-13-21)28(4,5)6)26(29)27(30)24-16-14-22(15-17-24)20(2)3/h7-9,11,14-17,20-21,25H,1,10,12-13,18-19H2,2-6H3/b11-8-,23-9+,27-26+. The molecule has 0 amide bonds. The molecular weight excluding hydrogens is 374 g/mol. The molecule has 0 spiro atoms. The van der Waals surface area contributed by atoms with Gasteiger partial charge >= 0.3 is 0 Å². The van der Waals surface area contributed by atoms with Crippen molar-refractivity contribution in [3.8, 4) is 0 Å². The summed E-state index contributed by atoms with van der Waals surface area (Å²) in [6, 6.07) is 7.00. The number of hydrogen-bond donors (Lipinski definition) is 0. The van der Waals surface area contributed by atoms with Crippen LogP contribution in [0.4, 0.5) is 8.78 Å². The summed E-state index contributed by atoms with van der Waals surface area (Å²) in [7, 11) is 0. The Morgan fingerprint density at radius 2 is 1.67 bits per heavy atom. The van der Waals surface area contributed by atoms with Gasteiger partial charge in [-0.2, -0.15) is 0 Å². The molecule has 0 unspecified atom stereocenters. The highest BCUT2D eigenvalue weighted by Gasteiger charge is 2.29. The van der Waals surface area contributed by atoms with Crippen LogP contribution in [0.1, 0.15) is 83.8 Å². The third-order valence-electron chi connectivity index (χ3n) is 6.41. The molecule has 0 atom stereocenters. The van der Waals surface area contributed by atoms with Gasteiger partial charge in [0.15, 0.2) is 11.7 Å². The first-order valence-electron chi connectivity index (χ1n) is 11.3. The van der Waals surface area contributed by atoms with Crippen LogP contribution in [0.5, 0.6) is 0 Å². The summed E-state index contributed by atoms with van der Waals surface area (Å²) in [5.41, 5.74) is 1.98. The zero-order valence-electron chi connectivity index (χ0n) is 19.3. The summed E-state index contributed by atoms with van der Waals surface area (Å²) >= 11 is 0. The van der Waals surface area contributed by atoms with Crippen molar-refractivity contribution in [2.75, 3.05) is 0 Å². The SMILES string of the molecule is C=C/C=C(\C=C/CC1CCC(C(C)(C)C)CC1)C(/F)=C(\F)c1ccc(C(C)C)cc1. The van der Waals surface area contributed by atoms with Crippen LogP contribution >= 0.6 is 0 Å². The summed E-state index contributed by atoms with van der Waals surface area (Å²) < 4.78 is 29.6. The normalized spacial score (nSPS) is 21.8. The van der Waals surface area contributed by atoms with E-state index in [1.807, 2.05) is 18.2 Å². The molecular formula is C28H38F2. The van der Waals surface area contributed by atoms with Crippen molar-refractivity contribution in [3.63, 3.8) is 0 Å². The Kier molecular flexibility index (Phi) is 8.82.